The van der Waals surface area contributed by atoms with Crippen molar-refractivity contribution in [3.8, 4) is 5.88 Å². The smallest absolute Gasteiger partial charge is 0.355 e. The molecule has 0 spiro atoms. The van der Waals surface area contributed by atoms with Crippen LogP contribution in [-0.4, -0.2) is 18.9 Å². The predicted octanol–water partition coefficient (Wildman–Crippen LogP) is 0.769. The SMILES string of the molecule is NCc1ccc(OS(=O)(=O)C(F)(F)F)nc1. The lowest BCUT2D eigenvalue weighted by molar-refractivity contribution is -0.0501. The Balaban J connectivity index is 2.89. The fourth-order valence-electron chi connectivity index (χ4n) is 0.741. The van der Waals surface area contributed by atoms with Gasteiger partial charge in [-0.15, -0.1) is 0 Å². The highest BCUT2D eigenvalue weighted by molar-refractivity contribution is 7.87. The van der Waals surface area contributed by atoms with Crippen LogP contribution < -0.4 is 9.92 Å². The number of hydrogen-bond donors (Lipinski definition) is 1. The monoisotopic (exact) mass is 256 g/mol. The zero-order valence-corrected chi connectivity index (χ0v) is 8.55. The Morgan fingerprint density at radius 3 is 2.38 bits per heavy atom. The summed E-state index contributed by atoms with van der Waals surface area (Å²) in [6.45, 7) is 0.138. The molecular formula is C7H7F3N2O3S. The van der Waals surface area contributed by atoms with E-state index in [2.05, 4.69) is 9.17 Å². The first-order chi connectivity index (χ1) is 7.26. The minimum atomic E-state index is -5.66. The quantitative estimate of drug-likeness (QED) is 0.638. The molecule has 0 aliphatic rings. The van der Waals surface area contributed by atoms with Gasteiger partial charge in [-0.05, 0) is 5.56 Å². The molecule has 16 heavy (non-hydrogen) atoms. The number of hydrogen-bond acceptors (Lipinski definition) is 5. The van der Waals surface area contributed by atoms with Gasteiger partial charge in [0.05, 0.1) is 0 Å². The van der Waals surface area contributed by atoms with E-state index in [0.717, 1.165) is 12.3 Å². The molecule has 1 rings (SSSR count). The van der Waals surface area contributed by atoms with Crippen LogP contribution in [0.1, 0.15) is 5.56 Å². The third-order valence-electron chi connectivity index (χ3n) is 1.51. The molecule has 1 aromatic heterocycles. The maximum Gasteiger partial charge on any atom is 0.534 e. The van der Waals surface area contributed by atoms with E-state index in [1.807, 2.05) is 0 Å². The Morgan fingerprint density at radius 2 is 2.00 bits per heavy atom. The van der Waals surface area contributed by atoms with Crippen LogP contribution in [0.5, 0.6) is 5.88 Å². The first-order valence-electron chi connectivity index (χ1n) is 3.92. The van der Waals surface area contributed by atoms with Gasteiger partial charge in [-0.25, -0.2) is 4.98 Å². The minimum Gasteiger partial charge on any atom is -0.355 e. The summed E-state index contributed by atoms with van der Waals surface area (Å²) in [5, 5.41) is 0. The topological polar surface area (TPSA) is 82.3 Å². The van der Waals surface area contributed by atoms with Crippen LogP contribution in [0.2, 0.25) is 0 Å². The zero-order valence-electron chi connectivity index (χ0n) is 7.73. The molecule has 0 saturated carbocycles. The Kier molecular flexibility index (Phi) is 3.38. The van der Waals surface area contributed by atoms with E-state index < -0.39 is 21.5 Å². The van der Waals surface area contributed by atoms with Crippen molar-refractivity contribution in [1.82, 2.24) is 4.98 Å². The summed E-state index contributed by atoms with van der Waals surface area (Å²) in [7, 11) is -5.66. The molecule has 0 radical (unpaired) electrons. The molecule has 0 unspecified atom stereocenters. The van der Waals surface area contributed by atoms with Crippen LogP contribution in [0.15, 0.2) is 18.3 Å². The van der Waals surface area contributed by atoms with Crippen molar-refractivity contribution in [2.24, 2.45) is 5.73 Å². The van der Waals surface area contributed by atoms with E-state index in [0.29, 0.717) is 5.56 Å². The van der Waals surface area contributed by atoms with E-state index >= 15 is 0 Å². The van der Waals surface area contributed by atoms with Crippen LogP contribution in [0.4, 0.5) is 13.2 Å². The summed E-state index contributed by atoms with van der Waals surface area (Å²) in [6, 6.07) is 2.31. The molecular weight excluding hydrogens is 249 g/mol. The van der Waals surface area contributed by atoms with Crippen molar-refractivity contribution in [1.29, 1.82) is 0 Å². The molecule has 9 heteroatoms. The average molecular weight is 256 g/mol. The number of rotatable bonds is 3. The van der Waals surface area contributed by atoms with Gasteiger partial charge in [-0.3, -0.25) is 0 Å². The highest BCUT2D eigenvalue weighted by Gasteiger charge is 2.48. The number of aromatic nitrogens is 1. The lowest BCUT2D eigenvalue weighted by Gasteiger charge is -2.08. The fourth-order valence-corrected chi connectivity index (χ4v) is 1.16. The van der Waals surface area contributed by atoms with Crippen molar-refractivity contribution < 1.29 is 25.8 Å². The molecule has 1 aromatic rings. The van der Waals surface area contributed by atoms with Gasteiger partial charge >= 0.3 is 15.6 Å². The molecule has 0 aliphatic heterocycles. The summed E-state index contributed by atoms with van der Waals surface area (Å²) in [5.41, 5.74) is 0.285. The highest BCUT2D eigenvalue weighted by Crippen LogP contribution is 2.25. The van der Waals surface area contributed by atoms with Gasteiger partial charge in [-0.1, -0.05) is 6.07 Å². The summed E-state index contributed by atoms with van der Waals surface area (Å²) in [4.78, 5) is 3.37. The summed E-state index contributed by atoms with van der Waals surface area (Å²) in [6.07, 6.45) is 1.13. The molecule has 0 aliphatic carbocycles. The second-order valence-corrected chi connectivity index (χ2v) is 4.23. The predicted molar refractivity (Wildman–Crippen MR) is 47.7 cm³/mol. The van der Waals surface area contributed by atoms with Gasteiger partial charge in [0.15, 0.2) is 0 Å². The van der Waals surface area contributed by atoms with Gasteiger partial charge in [0.25, 0.3) is 0 Å². The highest BCUT2D eigenvalue weighted by atomic mass is 32.2. The second kappa shape index (κ2) is 4.26. The molecule has 0 bridgehead atoms. The van der Waals surface area contributed by atoms with Gasteiger partial charge < -0.3 is 9.92 Å². The Morgan fingerprint density at radius 1 is 1.38 bits per heavy atom. The average Bonchev–Trinajstić information content (AvgIpc) is 2.16. The molecule has 0 fully saturated rings. The maximum absolute atomic E-state index is 11.9. The summed E-state index contributed by atoms with van der Waals surface area (Å²) < 4.78 is 60.6. The van der Waals surface area contributed by atoms with Crippen LogP contribution in [0.25, 0.3) is 0 Å². The largest absolute Gasteiger partial charge is 0.534 e. The number of halogens is 3. The van der Waals surface area contributed by atoms with Crippen LogP contribution >= 0.6 is 0 Å². The lowest BCUT2D eigenvalue weighted by Crippen LogP contribution is -2.28. The summed E-state index contributed by atoms with van der Waals surface area (Å²) >= 11 is 0. The molecule has 0 saturated heterocycles. The number of nitrogens with two attached hydrogens (primary N) is 1. The maximum atomic E-state index is 11.9. The fraction of sp³-hybridized carbons (Fsp3) is 0.286. The summed E-state index contributed by atoms with van der Waals surface area (Å²) in [5.74, 6) is -0.658. The number of alkyl halides is 3. The van der Waals surface area contributed by atoms with Crippen LogP contribution in [0, 0.1) is 0 Å². The van der Waals surface area contributed by atoms with E-state index in [-0.39, 0.29) is 6.54 Å². The standard InChI is InChI=1S/C7H7F3N2O3S/c8-7(9,10)16(13,14)15-6-2-1-5(3-11)4-12-6/h1-2,4H,3,11H2. The first kappa shape index (κ1) is 12.7. The Hall–Kier alpha value is -1.35. The third kappa shape index (κ3) is 2.83. The Bertz CT molecular complexity index is 455. The van der Waals surface area contributed by atoms with E-state index in [9.17, 15) is 21.6 Å². The number of nitrogens with zero attached hydrogens (tertiary/aromatic N) is 1. The minimum absolute atomic E-state index is 0.138. The van der Waals surface area contributed by atoms with Gasteiger partial charge in [-0.2, -0.15) is 21.6 Å². The van der Waals surface area contributed by atoms with Crippen molar-refractivity contribution in [2.75, 3.05) is 0 Å². The van der Waals surface area contributed by atoms with E-state index in [1.165, 1.54) is 6.07 Å². The molecule has 2 N–H and O–H groups in total. The molecule has 90 valence electrons. The lowest BCUT2D eigenvalue weighted by atomic mass is 10.3. The second-order valence-electron chi connectivity index (χ2n) is 2.69. The molecule has 1 heterocycles. The molecule has 0 aromatic carbocycles. The van der Waals surface area contributed by atoms with Gasteiger partial charge in [0.2, 0.25) is 5.88 Å². The molecule has 0 atom stereocenters. The zero-order chi connectivity index (χ0) is 12.4. The van der Waals surface area contributed by atoms with Crippen molar-refractivity contribution in [3.63, 3.8) is 0 Å². The normalized spacial score (nSPS) is 12.5. The van der Waals surface area contributed by atoms with Crippen molar-refractivity contribution >= 4 is 10.1 Å². The Labute approximate surface area is 89.2 Å². The van der Waals surface area contributed by atoms with Crippen LogP contribution in [-0.2, 0) is 16.7 Å². The number of pyridine rings is 1. The third-order valence-corrected chi connectivity index (χ3v) is 2.47. The van der Waals surface area contributed by atoms with Crippen molar-refractivity contribution in [3.05, 3.63) is 23.9 Å². The molecule has 5 nitrogen and oxygen atoms in total. The van der Waals surface area contributed by atoms with E-state index in [4.69, 9.17) is 5.73 Å². The molecule has 0 amide bonds. The van der Waals surface area contributed by atoms with Gasteiger partial charge in [0.1, 0.15) is 0 Å². The first-order valence-corrected chi connectivity index (χ1v) is 5.33. The van der Waals surface area contributed by atoms with E-state index in [1.54, 1.807) is 0 Å². The van der Waals surface area contributed by atoms with Crippen LogP contribution in [0.3, 0.4) is 0 Å². The van der Waals surface area contributed by atoms with Gasteiger partial charge in [0, 0.05) is 18.8 Å². The van der Waals surface area contributed by atoms with Crippen molar-refractivity contribution in [2.45, 2.75) is 12.1 Å².